The normalized spacial score (nSPS) is 10.8. The van der Waals surface area contributed by atoms with Crippen LogP contribution in [0, 0.1) is 0 Å². The first-order valence-electron chi connectivity index (χ1n) is 12.0. The number of amides is 2. The summed E-state index contributed by atoms with van der Waals surface area (Å²) < 4.78 is 7.87. The third kappa shape index (κ3) is 6.81. The topological polar surface area (TPSA) is 111 Å². The standard InChI is InChI=1S/C26H32N4O5/c1-3-16-27-23(31)11-7-8-17-29-25(33)21-9-5-6-10-22(21)30(26(29)34)18-24(32)28-19-12-14-20(15-13-19)35-4-2/h5-6,9-10,12-15H,3-4,7-8,11,16-18H2,1-2H3,(H,27,31)(H,28,32). The second-order valence-corrected chi connectivity index (χ2v) is 8.16. The van der Waals surface area contributed by atoms with E-state index in [1.54, 1.807) is 48.5 Å². The van der Waals surface area contributed by atoms with Crippen LogP contribution in [-0.4, -0.2) is 34.1 Å². The van der Waals surface area contributed by atoms with Crippen LogP contribution in [0.5, 0.6) is 5.75 Å². The number of unbranched alkanes of at least 4 members (excludes halogenated alkanes) is 1. The zero-order chi connectivity index (χ0) is 25.2. The number of ether oxygens (including phenoxy) is 1. The average Bonchev–Trinajstić information content (AvgIpc) is 2.86. The Labute approximate surface area is 203 Å². The fraction of sp³-hybridized carbons (Fsp3) is 0.385. The fourth-order valence-corrected chi connectivity index (χ4v) is 3.77. The van der Waals surface area contributed by atoms with Crippen LogP contribution in [0.15, 0.2) is 58.1 Å². The van der Waals surface area contributed by atoms with E-state index in [4.69, 9.17) is 4.74 Å². The van der Waals surface area contributed by atoms with Crippen molar-refractivity contribution in [1.29, 1.82) is 0 Å². The molecule has 9 nitrogen and oxygen atoms in total. The van der Waals surface area contributed by atoms with Crippen molar-refractivity contribution in [2.75, 3.05) is 18.5 Å². The molecule has 0 spiro atoms. The van der Waals surface area contributed by atoms with Gasteiger partial charge >= 0.3 is 5.69 Å². The second-order valence-electron chi connectivity index (χ2n) is 8.16. The molecule has 0 bridgehead atoms. The summed E-state index contributed by atoms with van der Waals surface area (Å²) in [5.74, 6) is 0.267. The molecule has 0 atom stereocenters. The molecule has 2 amide bonds. The zero-order valence-electron chi connectivity index (χ0n) is 20.2. The lowest BCUT2D eigenvalue weighted by atomic mass is 10.2. The summed E-state index contributed by atoms with van der Waals surface area (Å²) in [4.78, 5) is 50.8. The maximum Gasteiger partial charge on any atom is 0.331 e. The van der Waals surface area contributed by atoms with Gasteiger partial charge in [0.2, 0.25) is 11.8 Å². The minimum absolute atomic E-state index is 0.0407. The van der Waals surface area contributed by atoms with Gasteiger partial charge in [0, 0.05) is 25.2 Å². The van der Waals surface area contributed by atoms with E-state index in [1.165, 1.54) is 4.57 Å². The van der Waals surface area contributed by atoms with Gasteiger partial charge in [-0.3, -0.25) is 23.5 Å². The molecular formula is C26H32N4O5. The lowest BCUT2D eigenvalue weighted by molar-refractivity contribution is -0.121. The van der Waals surface area contributed by atoms with Gasteiger partial charge in [0.25, 0.3) is 5.56 Å². The predicted octanol–water partition coefficient (Wildman–Crippen LogP) is 2.90. The Kier molecular flexibility index (Phi) is 9.23. The van der Waals surface area contributed by atoms with Gasteiger partial charge in [0.1, 0.15) is 12.3 Å². The van der Waals surface area contributed by atoms with Crippen molar-refractivity contribution in [3.8, 4) is 5.75 Å². The van der Waals surface area contributed by atoms with Crippen LogP contribution in [-0.2, 0) is 22.7 Å². The fourth-order valence-electron chi connectivity index (χ4n) is 3.77. The van der Waals surface area contributed by atoms with Crippen LogP contribution in [0.4, 0.5) is 5.69 Å². The maximum atomic E-state index is 13.2. The molecule has 0 unspecified atom stereocenters. The number of nitrogens with zero attached hydrogens (tertiary/aromatic N) is 2. The zero-order valence-corrected chi connectivity index (χ0v) is 20.2. The van der Waals surface area contributed by atoms with Gasteiger partial charge in [0.05, 0.1) is 17.5 Å². The van der Waals surface area contributed by atoms with Gasteiger partial charge in [-0.15, -0.1) is 0 Å². The summed E-state index contributed by atoms with van der Waals surface area (Å²) in [5, 5.41) is 5.96. The third-order valence-electron chi connectivity index (χ3n) is 5.49. The highest BCUT2D eigenvalue weighted by molar-refractivity contribution is 5.91. The van der Waals surface area contributed by atoms with E-state index >= 15 is 0 Å². The average molecular weight is 481 g/mol. The number of benzene rings is 2. The van der Waals surface area contributed by atoms with Crippen LogP contribution < -0.4 is 26.6 Å². The number of hydrogen-bond donors (Lipinski definition) is 2. The Morgan fingerprint density at radius 1 is 0.914 bits per heavy atom. The lowest BCUT2D eigenvalue weighted by Gasteiger charge is -2.14. The van der Waals surface area contributed by atoms with Crippen LogP contribution in [0.3, 0.4) is 0 Å². The summed E-state index contributed by atoms with van der Waals surface area (Å²) in [7, 11) is 0. The molecule has 0 saturated heterocycles. The molecule has 186 valence electrons. The molecule has 35 heavy (non-hydrogen) atoms. The van der Waals surface area contributed by atoms with E-state index < -0.39 is 11.2 Å². The Morgan fingerprint density at radius 2 is 1.66 bits per heavy atom. The maximum absolute atomic E-state index is 13.2. The van der Waals surface area contributed by atoms with Crippen molar-refractivity contribution in [3.63, 3.8) is 0 Å². The van der Waals surface area contributed by atoms with Gasteiger partial charge in [-0.25, -0.2) is 4.79 Å². The molecule has 2 aromatic carbocycles. The Hall–Kier alpha value is -3.88. The molecule has 0 radical (unpaired) electrons. The summed E-state index contributed by atoms with van der Waals surface area (Å²) >= 11 is 0. The number of nitrogens with one attached hydrogen (secondary N) is 2. The van der Waals surface area contributed by atoms with Gasteiger partial charge in [-0.05, 0) is 62.6 Å². The van der Waals surface area contributed by atoms with Gasteiger partial charge in [-0.1, -0.05) is 19.1 Å². The SMILES string of the molecule is CCCNC(=O)CCCCn1c(=O)c2ccccc2n(CC(=O)Nc2ccc(OCC)cc2)c1=O. The number of anilines is 1. The monoisotopic (exact) mass is 480 g/mol. The molecule has 0 saturated carbocycles. The molecule has 9 heteroatoms. The first-order chi connectivity index (χ1) is 16.9. The Morgan fingerprint density at radius 3 is 2.37 bits per heavy atom. The van der Waals surface area contributed by atoms with E-state index in [0.717, 1.165) is 11.0 Å². The number of rotatable bonds is 12. The molecule has 1 heterocycles. The van der Waals surface area contributed by atoms with Crippen molar-refractivity contribution in [2.24, 2.45) is 0 Å². The highest BCUT2D eigenvalue weighted by Gasteiger charge is 2.15. The van der Waals surface area contributed by atoms with Crippen molar-refractivity contribution in [1.82, 2.24) is 14.5 Å². The molecule has 3 aromatic rings. The number of carbonyl (C=O) groups excluding carboxylic acids is 2. The molecule has 0 aliphatic carbocycles. The summed E-state index contributed by atoms with van der Waals surface area (Å²) in [6, 6.07) is 13.7. The predicted molar refractivity (Wildman–Crippen MR) is 136 cm³/mol. The number of para-hydroxylation sites is 1. The van der Waals surface area contributed by atoms with Crippen molar-refractivity contribution < 1.29 is 14.3 Å². The van der Waals surface area contributed by atoms with Crippen molar-refractivity contribution >= 4 is 28.4 Å². The first kappa shape index (κ1) is 25.7. The molecule has 0 fully saturated rings. The van der Waals surface area contributed by atoms with Crippen LogP contribution in [0.1, 0.15) is 39.5 Å². The number of carbonyl (C=O) groups is 2. The van der Waals surface area contributed by atoms with E-state index in [9.17, 15) is 19.2 Å². The third-order valence-corrected chi connectivity index (χ3v) is 5.49. The Balaban J connectivity index is 1.77. The van der Waals surface area contributed by atoms with E-state index in [0.29, 0.717) is 54.8 Å². The minimum atomic E-state index is -0.550. The van der Waals surface area contributed by atoms with Crippen LogP contribution in [0.2, 0.25) is 0 Å². The van der Waals surface area contributed by atoms with E-state index in [-0.39, 0.29) is 24.9 Å². The second kappa shape index (κ2) is 12.5. The highest BCUT2D eigenvalue weighted by Crippen LogP contribution is 2.16. The lowest BCUT2D eigenvalue weighted by Crippen LogP contribution is -2.41. The smallest absolute Gasteiger partial charge is 0.331 e. The van der Waals surface area contributed by atoms with Crippen molar-refractivity contribution in [3.05, 3.63) is 69.4 Å². The van der Waals surface area contributed by atoms with Crippen molar-refractivity contribution in [2.45, 2.75) is 52.6 Å². The molecule has 1 aromatic heterocycles. The number of hydrogen-bond acceptors (Lipinski definition) is 5. The molecular weight excluding hydrogens is 448 g/mol. The number of aromatic nitrogens is 2. The minimum Gasteiger partial charge on any atom is -0.494 e. The highest BCUT2D eigenvalue weighted by atomic mass is 16.5. The molecule has 0 aliphatic heterocycles. The van der Waals surface area contributed by atoms with E-state index in [1.807, 2.05) is 13.8 Å². The quantitative estimate of drug-likeness (QED) is 0.387. The summed E-state index contributed by atoms with van der Waals surface area (Å²) in [5.41, 5.74) is 0.0280. The first-order valence-corrected chi connectivity index (χ1v) is 12.0. The Bertz CT molecular complexity index is 1280. The molecule has 3 rings (SSSR count). The summed E-state index contributed by atoms with van der Waals surface area (Å²) in [6.07, 6.45) is 2.24. The van der Waals surface area contributed by atoms with Crippen LogP contribution in [0.25, 0.3) is 10.9 Å². The summed E-state index contributed by atoms with van der Waals surface area (Å²) in [6.45, 7) is 4.98. The molecule has 2 N–H and O–H groups in total. The largest absolute Gasteiger partial charge is 0.494 e. The van der Waals surface area contributed by atoms with Gasteiger partial charge < -0.3 is 15.4 Å². The molecule has 0 aliphatic rings. The van der Waals surface area contributed by atoms with Crippen LogP contribution >= 0.6 is 0 Å². The number of fused-ring (bicyclic) bond motifs is 1. The van der Waals surface area contributed by atoms with Gasteiger partial charge in [0.15, 0.2) is 0 Å². The van der Waals surface area contributed by atoms with E-state index in [2.05, 4.69) is 10.6 Å². The van der Waals surface area contributed by atoms with Gasteiger partial charge in [-0.2, -0.15) is 0 Å².